The van der Waals surface area contributed by atoms with Crippen LogP contribution in [0.15, 0.2) is 11.6 Å². The van der Waals surface area contributed by atoms with Crippen molar-refractivity contribution in [3.8, 4) is 0 Å². The Balaban J connectivity index is 2.43. The fourth-order valence-corrected chi connectivity index (χ4v) is 1.98. The van der Waals surface area contributed by atoms with Crippen LogP contribution in [-0.4, -0.2) is 50.3 Å². The van der Waals surface area contributed by atoms with Gasteiger partial charge in [-0.1, -0.05) is 25.5 Å². The second kappa shape index (κ2) is 7.05. The van der Waals surface area contributed by atoms with E-state index in [1.807, 2.05) is 0 Å². The first kappa shape index (κ1) is 13.7. The van der Waals surface area contributed by atoms with Gasteiger partial charge in [0.15, 0.2) is 0 Å². The molecular formula is C13H26N2O. The molecule has 0 radical (unpaired) electrons. The zero-order chi connectivity index (χ0) is 12.0. The van der Waals surface area contributed by atoms with E-state index in [1.165, 1.54) is 12.0 Å². The Morgan fingerprint density at radius 1 is 1.50 bits per heavy atom. The van der Waals surface area contributed by atoms with Crippen molar-refractivity contribution in [2.24, 2.45) is 0 Å². The third-order valence-corrected chi connectivity index (χ3v) is 3.10. The van der Waals surface area contributed by atoms with E-state index < -0.39 is 0 Å². The van der Waals surface area contributed by atoms with Crippen LogP contribution >= 0.6 is 0 Å². The minimum Gasteiger partial charge on any atom is -0.383 e. The smallest absolute Gasteiger partial charge is 0.0630 e. The van der Waals surface area contributed by atoms with E-state index >= 15 is 0 Å². The molecule has 1 N–H and O–H groups in total. The van der Waals surface area contributed by atoms with Crippen molar-refractivity contribution in [2.45, 2.75) is 39.3 Å². The molecule has 0 saturated carbocycles. The van der Waals surface area contributed by atoms with Crippen LogP contribution in [0, 0.1) is 0 Å². The number of nitrogens with zero attached hydrogens (tertiary/aromatic N) is 1. The highest BCUT2D eigenvalue weighted by molar-refractivity contribution is 5.04. The largest absolute Gasteiger partial charge is 0.383 e. The van der Waals surface area contributed by atoms with Crippen LogP contribution in [0.5, 0.6) is 0 Å². The number of ether oxygens (including phenoxy) is 1. The van der Waals surface area contributed by atoms with Crippen molar-refractivity contribution >= 4 is 0 Å². The van der Waals surface area contributed by atoms with Crippen molar-refractivity contribution in [1.29, 1.82) is 0 Å². The number of methoxy groups -OCH3 is 1. The van der Waals surface area contributed by atoms with Crippen molar-refractivity contribution in [3.05, 3.63) is 11.6 Å². The molecule has 1 heterocycles. The lowest BCUT2D eigenvalue weighted by Gasteiger charge is -2.33. The van der Waals surface area contributed by atoms with Gasteiger partial charge < -0.3 is 10.1 Å². The number of rotatable bonds is 6. The van der Waals surface area contributed by atoms with Gasteiger partial charge in [-0.2, -0.15) is 0 Å². The highest BCUT2D eigenvalue weighted by Crippen LogP contribution is 2.12. The Morgan fingerprint density at radius 3 is 2.75 bits per heavy atom. The molecular weight excluding hydrogens is 200 g/mol. The van der Waals surface area contributed by atoms with Gasteiger partial charge >= 0.3 is 0 Å². The second-order valence-electron chi connectivity index (χ2n) is 4.97. The van der Waals surface area contributed by atoms with Gasteiger partial charge in [0.2, 0.25) is 0 Å². The molecule has 1 aliphatic rings. The highest BCUT2D eigenvalue weighted by atomic mass is 16.5. The van der Waals surface area contributed by atoms with Crippen molar-refractivity contribution in [1.82, 2.24) is 10.2 Å². The zero-order valence-electron chi connectivity index (χ0n) is 11.1. The molecule has 1 unspecified atom stereocenters. The summed E-state index contributed by atoms with van der Waals surface area (Å²) in [7, 11) is 1.79. The third-order valence-electron chi connectivity index (χ3n) is 3.10. The molecule has 1 rings (SSSR count). The Kier molecular flexibility index (Phi) is 6.03. The minimum atomic E-state index is 0.497. The van der Waals surface area contributed by atoms with Gasteiger partial charge in [0.1, 0.15) is 0 Å². The molecule has 3 heteroatoms. The summed E-state index contributed by atoms with van der Waals surface area (Å²) >= 11 is 0. The maximum absolute atomic E-state index is 5.31. The second-order valence-corrected chi connectivity index (χ2v) is 4.97. The average molecular weight is 226 g/mol. The van der Waals surface area contributed by atoms with Crippen molar-refractivity contribution in [3.63, 3.8) is 0 Å². The molecule has 0 amide bonds. The topological polar surface area (TPSA) is 24.5 Å². The lowest BCUT2D eigenvalue weighted by molar-refractivity contribution is 0.0930. The summed E-state index contributed by atoms with van der Waals surface area (Å²) < 4.78 is 5.31. The van der Waals surface area contributed by atoms with E-state index in [4.69, 9.17) is 4.74 Å². The molecule has 0 fully saturated rings. The third kappa shape index (κ3) is 4.64. The van der Waals surface area contributed by atoms with E-state index in [1.54, 1.807) is 7.11 Å². The highest BCUT2D eigenvalue weighted by Gasteiger charge is 2.19. The summed E-state index contributed by atoms with van der Waals surface area (Å²) in [5.74, 6) is 0. The van der Waals surface area contributed by atoms with Crippen LogP contribution in [0.4, 0.5) is 0 Å². The van der Waals surface area contributed by atoms with Crippen LogP contribution in [0.1, 0.15) is 27.2 Å². The number of hydrogen-bond donors (Lipinski definition) is 1. The number of nitrogens with one attached hydrogen (secondary N) is 1. The summed E-state index contributed by atoms with van der Waals surface area (Å²) in [6.45, 7) is 10.6. The minimum absolute atomic E-state index is 0.497. The van der Waals surface area contributed by atoms with E-state index in [2.05, 4.69) is 37.1 Å². The van der Waals surface area contributed by atoms with Gasteiger partial charge in [0.25, 0.3) is 0 Å². The van der Waals surface area contributed by atoms with E-state index in [0.29, 0.717) is 12.1 Å². The van der Waals surface area contributed by atoms with Crippen LogP contribution in [-0.2, 0) is 4.74 Å². The van der Waals surface area contributed by atoms with Gasteiger partial charge in [0.05, 0.1) is 6.61 Å². The van der Waals surface area contributed by atoms with E-state index in [0.717, 1.165) is 26.2 Å². The Labute approximate surface area is 99.8 Å². The Hall–Kier alpha value is -0.380. The van der Waals surface area contributed by atoms with Crippen molar-refractivity contribution < 1.29 is 4.74 Å². The summed E-state index contributed by atoms with van der Waals surface area (Å²) in [6.07, 6.45) is 3.53. The maximum Gasteiger partial charge on any atom is 0.0630 e. The fraction of sp³-hybridized carbons (Fsp3) is 0.846. The molecule has 0 aliphatic carbocycles. The Bertz CT molecular complexity index is 226. The first-order chi connectivity index (χ1) is 7.63. The Morgan fingerprint density at radius 2 is 2.25 bits per heavy atom. The molecule has 3 nitrogen and oxygen atoms in total. The molecule has 94 valence electrons. The summed E-state index contributed by atoms with van der Waals surface area (Å²) in [5, 5.41) is 3.50. The molecule has 0 bridgehead atoms. The first-order valence-corrected chi connectivity index (χ1v) is 6.25. The monoisotopic (exact) mass is 226 g/mol. The van der Waals surface area contributed by atoms with Gasteiger partial charge in [-0.3, -0.25) is 4.90 Å². The first-order valence-electron chi connectivity index (χ1n) is 6.25. The van der Waals surface area contributed by atoms with Crippen LogP contribution in [0.2, 0.25) is 0 Å². The standard InChI is InChI=1S/C13H26N2O/c1-11(2)14-9-13(10-16-4)15-7-5-12(3)6-8-15/h5,11,13-14H,6-10H2,1-4H3. The normalized spacial score (nSPS) is 19.9. The molecule has 0 aromatic carbocycles. The molecule has 0 aromatic rings. The SMILES string of the molecule is COCC(CNC(C)C)N1CC=C(C)CC1. The van der Waals surface area contributed by atoms with Gasteiger partial charge in [-0.05, 0) is 13.3 Å². The van der Waals surface area contributed by atoms with Gasteiger partial charge in [-0.15, -0.1) is 0 Å². The average Bonchev–Trinajstić information content (AvgIpc) is 2.25. The van der Waals surface area contributed by atoms with Gasteiger partial charge in [0, 0.05) is 38.8 Å². The summed E-state index contributed by atoms with van der Waals surface area (Å²) in [4.78, 5) is 2.51. The molecule has 0 aromatic heterocycles. The van der Waals surface area contributed by atoms with Crippen LogP contribution < -0.4 is 5.32 Å². The quantitative estimate of drug-likeness (QED) is 0.697. The molecule has 1 atom stereocenters. The van der Waals surface area contributed by atoms with Gasteiger partial charge in [-0.25, -0.2) is 0 Å². The summed E-state index contributed by atoms with van der Waals surface area (Å²) in [5.41, 5.74) is 1.52. The number of hydrogen-bond acceptors (Lipinski definition) is 3. The van der Waals surface area contributed by atoms with E-state index in [-0.39, 0.29) is 0 Å². The lowest BCUT2D eigenvalue weighted by atomic mass is 10.1. The molecule has 1 aliphatic heterocycles. The lowest BCUT2D eigenvalue weighted by Crippen LogP contribution is -2.48. The van der Waals surface area contributed by atoms with E-state index in [9.17, 15) is 0 Å². The van der Waals surface area contributed by atoms with Crippen LogP contribution in [0.25, 0.3) is 0 Å². The zero-order valence-corrected chi connectivity index (χ0v) is 11.1. The molecule has 0 saturated heterocycles. The molecule has 0 spiro atoms. The van der Waals surface area contributed by atoms with Crippen molar-refractivity contribution in [2.75, 3.05) is 33.4 Å². The molecule has 16 heavy (non-hydrogen) atoms. The predicted molar refractivity (Wildman–Crippen MR) is 68.7 cm³/mol. The maximum atomic E-state index is 5.31. The van der Waals surface area contributed by atoms with Crippen LogP contribution in [0.3, 0.4) is 0 Å². The fourth-order valence-electron chi connectivity index (χ4n) is 1.98. The summed E-state index contributed by atoms with van der Waals surface area (Å²) in [6, 6.07) is 1.04. The predicted octanol–water partition coefficient (Wildman–Crippen LogP) is 1.65.